The molecule has 8 nitrogen and oxygen atoms in total. The van der Waals surface area contributed by atoms with E-state index in [0.717, 1.165) is 5.56 Å². The predicted molar refractivity (Wildman–Crippen MR) is 126 cm³/mol. The Bertz CT molecular complexity index is 1160. The summed E-state index contributed by atoms with van der Waals surface area (Å²) in [6.07, 6.45) is 0. The number of aromatic hydroxyl groups is 2. The fourth-order valence-electron chi connectivity index (χ4n) is 3.44. The standard InChI is InChI=1S/C25H27N3O5/c1-15(2)20-12-21(23(30)13-22(20)29)25(31)28(18-8-10-19(33-3)11-9-18)14-16-4-6-17(7-5-16)24(26)27-32/h4-13,15,29-30,32H,14H2,1-3H3,(H2,26,27). The lowest BCUT2D eigenvalue weighted by atomic mass is 9.98. The minimum absolute atomic E-state index is 0.0140. The van der Waals surface area contributed by atoms with E-state index >= 15 is 0 Å². The first kappa shape index (κ1) is 23.5. The maximum absolute atomic E-state index is 13.6. The number of amides is 1. The van der Waals surface area contributed by atoms with E-state index in [4.69, 9.17) is 15.7 Å². The van der Waals surface area contributed by atoms with Gasteiger partial charge >= 0.3 is 0 Å². The molecule has 0 aliphatic rings. The molecule has 3 aromatic rings. The van der Waals surface area contributed by atoms with Crippen LogP contribution >= 0.6 is 0 Å². The van der Waals surface area contributed by atoms with Crippen LogP contribution in [0.2, 0.25) is 0 Å². The summed E-state index contributed by atoms with van der Waals surface area (Å²) in [5.41, 5.74) is 8.21. The van der Waals surface area contributed by atoms with Crippen LogP contribution in [0, 0.1) is 0 Å². The van der Waals surface area contributed by atoms with Crippen LogP contribution in [-0.4, -0.2) is 34.3 Å². The van der Waals surface area contributed by atoms with Gasteiger partial charge in [-0.2, -0.15) is 0 Å². The Labute approximate surface area is 192 Å². The van der Waals surface area contributed by atoms with Crippen LogP contribution in [0.15, 0.2) is 65.8 Å². The second kappa shape index (κ2) is 9.95. The van der Waals surface area contributed by atoms with Crippen molar-refractivity contribution in [3.63, 3.8) is 0 Å². The fourth-order valence-corrected chi connectivity index (χ4v) is 3.44. The summed E-state index contributed by atoms with van der Waals surface area (Å²) < 4.78 is 5.22. The van der Waals surface area contributed by atoms with Crippen molar-refractivity contribution in [2.75, 3.05) is 12.0 Å². The first-order chi connectivity index (χ1) is 15.7. The third-order valence-electron chi connectivity index (χ3n) is 5.32. The van der Waals surface area contributed by atoms with Crippen LogP contribution in [0.5, 0.6) is 17.2 Å². The molecule has 33 heavy (non-hydrogen) atoms. The molecule has 0 aliphatic carbocycles. The van der Waals surface area contributed by atoms with Crippen molar-refractivity contribution in [2.45, 2.75) is 26.3 Å². The zero-order valence-corrected chi connectivity index (χ0v) is 18.7. The van der Waals surface area contributed by atoms with E-state index in [-0.39, 0.29) is 35.4 Å². The number of nitrogens with zero attached hydrogens (tertiary/aromatic N) is 2. The number of rotatable bonds is 7. The molecule has 0 saturated heterocycles. The fraction of sp³-hybridized carbons (Fsp3) is 0.200. The van der Waals surface area contributed by atoms with E-state index in [1.54, 1.807) is 55.6 Å². The molecule has 1 amide bonds. The van der Waals surface area contributed by atoms with Gasteiger partial charge in [0.1, 0.15) is 17.2 Å². The number of methoxy groups -OCH3 is 1. The summed E-state index contributed by atoms with van der Waals surface area (Å²) in [6.45, 7) is 3.98. The molecule has 0 bridgehead atoms. The Morgan fingerprint density at radius 1 is 1.03 bits per heavy atom. The highest BCUT2D eigenvalue weighted by Gasteiger charge is 2.24. The summed E-state index contributed by atoms with van der Waals surface area (Å²) >= 11 is 0. The maximum Gasteiger partial charge on any atom is 0.262 e. The number of hydrogen-bond acceptors (Lipinski definition) is 6. The number of hydrogen-bond donors (Lipinski definition) is 4. The zero-order chi connectivity index (χ0) is 24.1. The largest absolute Gasteiger partial charge is 0.508 e. The van der Waals surface area contributed by atoms with Gasteiger partial charge in [0.15, 0.2) is 5.84 Å². The number of anilines is 1. The van der Waals surface area contributed by atoms with Crippen molar-refractivity contribution in [3.8, 4) is 17.2 Å². The Kier molecular flexibility index (Phi) is 7.07. The van der Waals surface area contributed by atoms with Gasteiger partial charge in [-0.1, -0.05) is 43.3 Å². The van der Waals surface area contributed by atoms with Crippen LogP contribution in [0.1, 0.15) is 46.8 Å². The van der Waals surface area contributed by atoms with Gasteiger partial charge < -0.3 is 30.8 Å². The first-order valence-corrected chi connectivity index (χ1v) is 10.3. The molecule has 0 aliphatic heterocycles. The van der Waals surface area contributed by atoms with Crippen molar-refractivity contribution < 1.29 is 25.0 Å². The SMILES string of the molecule is COc1ccc(N(Cc2ccc(C(N)=NO)cc2)C(=O)c2cc(C(C)C)c(O)cc2O)cc1. The lowest BCUT2D eigenvalue weighted by molar-refractivity contribution is 0.0982. The van der Waals surface area contributed by atoms with E-state index in [9.17, 15) is 15.0 Å². The number of amidine groups is 1. The summed E-state index contributed by atoms with van der Waals surface area (Å²) in [6, 6.07) is 16.6. The highest BCUT2D eigenvalue weighted by molar-refractivity contribution is 6.08. The van der Waals surface area contributed by atoms with E-state index in [2.05, 4.69) is 5.16 Å². The number of nitrogens with two attached hydrogens (primary N) is 1. The first-order valence-electron chi connectivity index (χ1n) is 10.3. The average molecular weight is 450 g/mol. The highest BCUT2D eigenvalue weighted by atomic mass is 16.5. The minimum Gasteiger partial charge on any atom is -0.508 e. The monoisotopic (exact) mass is 449 g/mol. The molecule has 0 spiro atoms. The minimum atomic E-state index is -0.430. The number of oxime groups is 1. The molecular formula is C25H27N3O5. The van der Waals surface area contributed by atoms with Gasteiger partial charge in [0.2, 0.25) is 0 Å². The topological polar surface area (TPSA) is 129 Å². The molecule has 0 saturated carbocycles. The third-order valence-corrected chi connectivity index (χ3v) is 5.32. The second-order valence-electron chi connectivity index (χ2n) is 7.85. The molecule has 3 rings (SSSR count). The molecule has 5 N–H and O–H groups in total. The highest BCUT2D eigenvalue weighted by Crippen LogP contribution is 2.34. The van der Waals surface area contributed by atoms with E-state index in [0.29, 0.717) is 22.6 Å². The average Bonchev–Trinajstić information content (AvgIpc) is 2.82. The van der Waals surface area contributed by atoms with E-state index in [1.165, 1.54) is 17.0 Å². The van der Waals surface area contributed by atoms with E-state index in [1.807, 2.05) is 13.8 Å². The van der Waals surface area contributed by atoms with Gasteiger partial charge in [0, 0.05) is 17.3 Å². The van der Waals surface area contributed by atoms with Crippen LogP contribution in [-0.2, 0) is 6.54 Å². The Morgan fingerprint density at radius 3 is 2.21 bits per heavy atom. The number of phenols is 2. The second-order valence-corrected chi connectivity index (χ2v) is 7.85. The maximum atomic E-state index is 13.6. The van der Waals surface area contributed by atoms with Crippen molar-refractivity contribution in [1.29, 1.82) is 0 Å². The quantitative estimate of drug-likeness (QED) is 0.185. The van der Waals surface area contributed by atoms with Crippen LogP contribution < -0.4 is 15.4 Å². The molecule has 0 fully saturated rings. The van der Waals surface area contributed by atoms with Crippen molar-refractivity contribution >= 4 is 17.4 Å². The summed E-state index contributed by atoms with van der Waals surface area (Å²) in [4.78, 5) is 15.1. The van der Waals surface area contributed by atoms with Crippen LogP contribution in [0.4, 0.5) is 5.69 Å². The molecule has 8 heteroatoms. The molecule has 0 radical (unpaired) electrons. The van der Waals surface area contributed by atoms with Gasteiger partial charge in [-0.25, -0.2) is 0 Å². The normalized spacial score (nSPS) is 11.5. The number of phenolic OH excluding ortho intramolecular Hbond substituents is 2. The summed E-state index contributed by atoms with van der Waals surface area (Å²) in [5.74, 6) is -0.210. The van der Waals surface area contributed by atoms with Gasteiger partial charge in [0.05, 0.1) is 19.2 Å². The van der Waals surface area contributed by atoms with Crippen molar-refractivity contribution in [1.82, 2.24) is 0 Å². The van der Waals surface area contributed by atoms with Crippen LogP contribution in [0.3, 0.4) is 0 Å². The molecule has 0 heterocycles. The van der Waals surface area contributed by atoms with Crippen LogP contribution in [0.25, 0.3) is 0 Å². The molecule has 3 aromatic carbocycles. The molecule has 0 unspecified atom stereocenters. The summed E-state index contributed by atoms with van der Waals surface area (Å²) in [5, 5.41) is 32.5. The lowest BCUT2D eigenvalue weighted by Gasteiger charge is -2.24. The van der Waals surface area contributed by atoms with Crippen molar-refractivity contribution in [3.05, 3.63) is 82.9 Å². The number of carbonyl (C=O) groups excluding carboxylic acids is 1. The molecule has 0 aromatic heterocycles. The third kappa shape index (κ3) is 5.17. The Morgan fingerprint density at radius 2 is 1.67 bits per heavy atom. The summed E-state index contributed by atoms with van der Waals surface area (Å²) in [7, 11) is 1.56. The smallest absolute Gasteiger partial charge is 0.262 e. The Hall–Kier alpha value is -4.20. The molecule has 172 valence electrons. The van der Waals surface area contributed by atoms with Gasteiger partial charge in [0.25, 0.3) is 5.91 Å². The van der Waals surface area contributed by atoms with Gasteiger partial charge in [-0.3, -0.25) is 4.79 Å². The molecule has 0 atom stereocenters. The van der Waals surface area contributed by atoms with Gasteiger partial charge in [-0.05, 0) is 47.4 Å². The zero-order valence-electron chi connectivity index (χ0n) is 18.7. The number of benzene rings is 3. The predicted octanol–water partition coefficient (Wildman–Crippen LogP) is 4.17. The van der Waals surface area contributed by atoms with E-state index < -0.39 is 5.91 Å². The van der Waals surface area contributed by atoms with Crippen molar-refractivity contribution in [2.24, 2.45) is 10.9 Å². The lowest BCUT2D eigenvalue weighted by Crippen LogP contribution is -2.30. The molecular weight excluding hydrogens is 422 g/mol. The van der Waals surface area contributed by atoms with Gasteiger partial charge in [-0.15, -0.1) is 0 Å². The number of ether oxygens (including phenoxy) is 1. The number of carbonyl (C=O) groups is 1. The Balaban J connectivity index is 2.03.